The minimum atomic E-state index is -0.101. The van der Waals surface area contributed by atoms with Crippen LogP contribution in [0, 0.1) is 6.92 Å². The summed E-state index contributed by atoms with van der Waals surface area (Å²) in [6.07, 6.45) is 3.47. The van der Waals surface area contributed by atoms with Crippen molar-refractivity contribution in [3.8, 4) is 10.6 Å². The lowest BCUT2D eigenvalue weighted by atomic mass is 10.1. The Balaban J connectivity index is 1.78. The summed E-state index contributed by atoms with van der Waals surface area (Å²) in [7, 11) is 0. The standard InChI is InChI=1S/C18H16BrN3OS/c1-11(13-5-7-15(19)8-6-13)21-17(23)16-12(2)22-18(24-16)14-4-3-9-20-10-14/h3-11H,1-2H3,(H,21,23)/t11-/m1/s1. The van der Waals surface area contributed by atoms with E-state index in [2.05, 4.69) is 31.2 Å². The van der Waals surface area contributed by atoms with Crippen LogP contribution in [0.15, 0.2) is 53.3 Å². The summed E-state index contributed by atoms with van der Waals surface area (Å²) >= 11 is 4.81. The number of thiazole rings is 1. The molecule has 1 atom stereocenters. The second-order valence-electron chi connectivity index (χ2n) is 5.42. The molecule has 1 N–H and O–H groups in total. The summed E-state index contributed by atoms with van der Waals surface area (Å²) < 4.78 is 1.02. The number of carbonyl (C=O) groups excluding carboxylic acids is 1. The Labute approximate surface area is 153 Å². The molecule has 0 aliphatic carbocycles. The Morgan fingerprint density at radius 1 is 1.25 bits per heavy atom. The van der Waals surface area contributed by atoms with Crippen molar-refractivity contribution in [3.05, 3.63) is 69.4 Å². The molecule has 0 spiro atoms. The minimum Gasteiger partial charge on any atom is -0.345 e. The third kappa shape index (κ3) is 3.71. The summed E-state index contributed by atoms with van der Waals surface area (Å²) in [5.41, 5.74) is 2.71. The molecular weight excluding hydrogens is 386 g/mol. The zero-order chi connectivity index (χ0) is 17.1. The van der Waals surface area contributed by atoms with E-state index >= 15 is 0 Å². The van der Waals surface area contributed by atoms with E-state index in [0.717, 1.165) is 26.3 Å². The highest BCUT2D eigenvalue weighted by Crippen LogP contribution is 2.28. The summed E-state index contributed by atoms with van der Waals surface area (Å²) in [6, 6.07) is 11.7. The number of nitrogens with zero attached hydrogens (tertiary/aromatic N) is 2. The third-order valence-electron chi connectivity index (χ3n) is 3.63. The topological polar surface area (TPSA) is 54.9 Å². The Bertz CT molecular complexity index is 846. The van der Waals surface area contributed by atoms with Crippen molar-refractivity contribution in [1.29, 1.82) is 0 Å². The lowest BCUT2D eigenvalue weighted by molar-refractivity contribution is 0.0943. The molecule has 1 aromatic carbocycles. The monoisotopic (exact) mass is 401 g/mol. The maximum absolute atomic E-state index is 12.6. The Morgan fingerprint density at radius 2 is 2.00 bits per heavy atom. The maximum Gasteiger partial charge on any atom is 0.263 e. The molecule has 0 bridgehead atoms. The molecular formula is C18H16BrN3OS. The van der Waals surface area contributed by atoms with Crippen molar-refractivity contribution < 1.29 is 4.79 Å². The molecule has 2 heterocycles. The predicted molar refractivity (Wildman–Crippen MR) is 100 cm³/mol. The third-order valence-corrected chi connectivity index (χ3v) is 5.36. The summed E-state index contributed by atoms with van der Waals surface area (Å²) in [6.45, 7) is 3.83. The van der Waals surface area contributed by atoms with Crippen LogP contribution in [0.25, 0.3) is 10.6 Å². The van der Waals surface area contributed by atoms with Gasteiger partial charge in [0.2, 0.25) is 0 Å². The van der Waals surface area contributed by atoms with Crippen LogP contribution in [0.3, 0.4) is 0 Å². The summed E-state index contributed by atoms with van der Waals surface area (Å²) in [5.74, 6) is -0.101. The van der Waals surface area contributed by atoms with E-state index in [4.69, 9.17) is 0 Å². The lowest BCUT2D eigenvalue weighted by Gasteiger charge is -2.14. The number of aryl methyl sites for hydroxylation is 1. The van der Waals surface area contributed by atoms with Gasteiger partial charge in [0, 0.05) is 22.4 Å². The van der Waals surface area contributed by atoms with Crippen LogP contribution >= 0.6 is 27.3 Å². The largest absolute Gasteiger partial charge is 0.345 e. The van der Waals surface area contributed by atoms with Crippen LogP contribution in [-0.4, -0.2) is 15.9 Å². The van der Waals surface area contributed by atoms with Crippen LogP contribution in [0.5, 0.6) is 0 Å². The number of carbonyl (C=O) groups is 1. The molecule has 0 saturated heterocycles. The molecule has 24 heavy (non-hydrogen) atoms. The first-order valence-electron chi connectivity index (χ1n) is 7.49. The lowest BCUT2D eigenvalue weighted by Crippen LogP contribution is -2.26. The van der Waals surface area contributed by atoms with Crippen molar-refractivity contribution in [2.45, 2.75) is 19.9 Å². The van der Waals surface area contributed by atoms with Crippen LogP contribution in [0.4, 0.5) is 0 Å². The number of nitrogens with one attached hydrogen (secondary N) is 1. The minimum absolute atomic E-state index is 0.0751. The molecule has 122 valence electrons. The molecule has 2 aromatic heterocycles. The van der Waals surface area contributed by atoms with Gasteiger partial charge in [-0.25, -0.2) is 4.98 Å². The average molecular weight is 402 g/mol. The van der Waals surface area contributed by atoms with Crippen LogP contribution in [-0.2, 0) is 0 Å². The van der Waals surface area contributed by atoms with Crippen molar-refractivity contribution >= 4 is 33.2 Å². The van der Waals surface area contributed by atoms with E-state index in [1.807, 2.05) is 50.2 Å². The van der Waals surface area contributed by atoms with Gasteiger partial charge in [-0.1, -0.05) is 28.1 Å². The fourth-order valence-electron chi connectivity index (χ4n) is 2.32. The Morgan fingerprint density at radius 3 is 2.67 bits per heavy atom. The van der Waals surface area contributed by atoms with Gasteiger partial charge in [-0.05, 0) is 43.7 Å². The maximum atomic E-state index is 12.6. The van der Waals surface area contributed by atoms with E-state index < -0.39 is 0 Å². The van der Waals surface area contributed by atoms with Crippen LogP contribution in [0.2, 0.25) is 0 Å². The van der Waals surface area contributed by atoms with Gasteiger partial charge in [0.05, 0.1) is 11.7 Å². The first-order chi connectivity index (χ1) is 11.5. The molecule has 0 aliphatic rings. The number of hydrogen-bond donors (Lipinski definition) is 1. The van der Waals surface area contributed by atoms with Crippen molar-refractivity contribution in [3.63, 3.8) is 0 Å². The van der Waals surface area contributed by atoms with Crippen LogP contribution < -0.4 is 5.32 Å². The molecule has 0 radical (unpaired) electrons. The molecule has 1 amide bonds. The van der Waals surface area contributed by atoms with Gasteiger partial charge in [-0.2, -0.15) is 0 Å². The summed E-state index contributed by atoms with van der Waals surface area (Å²) in [5, 5.41) is 3.85. The van der Waals surface area contributed by atoms with E-state index in [0.29, 0.717) is 4.88 Å². The molecule has 3 rings (SSSR count). The Kier molecular flexibility index (Phi) is 5.06. The van der Waals surface area contributed by atoms with E-state index in [1.165, 1.54) is 11.3 Å². The highest BCUT2D eigenvalue weighted by atomic mass is 79.9. The number of pyridine rings is 1. The second kappa shape index (κ2) is 7.23. The number of benzene rings is 1. The van der Waals surface area contributed by atoms with E-state index in [9.17, 15) is 4.79 Å². The van der Waals surface area contributed by atoms with Crippen LogP contribution in [0.1, 0.15) is 33.9 Å². The van der Waals surface area contributed by atoms with Crippen molar-refractivity contribution in [2.24, 2.45) is 0 Å². The highest BCUT2D eigenvalue weighted by Gasteiger charge is 2.18. The van der Waals surface area contributed by atoms with E-state index in [1.54, 1.807) is 12.4 Å². The number of amides is 1. The smallest absolute Gasteiger partial charge is 0.263 e. The van der Waals surface area contributed by atoms with Crippen molar-refractivity contribution in [1.82, 2.24) is 15.3 Å². The van der Waals surface area contributed by atoms with Gasteiger partial charge in [0.25, 0.3) is 5.91 Å². The quantitative estimate of drug-likeness (QED) is 0.684. The number of rotatable bonds is 4. The fraction of sp³-hybridized carbons (Fsp3) is 0.167. The first kappa shape index (κ1) is 16.8. The normalized spacial score (nSPS) is 12.0. The van der Waals surface area contributed by atoms with Gasteiger partial charge >= 0.3 is 0 Å². The highest BCUT2D eigenvalue weighted by molar-refractivity contribution is 9.10. The zero-order valence-corrected chi connectivity index (χ0v) is 15.7. The predicted octanol–water partition coefficient (Wildman–Crippen LogP) is 4.77. The van der Waals surface area contributed by atoms with Gasteiger partial charge in [-0.3, -0.25) is 9.78 Å². The van der Waals surface area contributed by atoms with Gasteiger partial charge in [0.1, 0.15) is 9.88 Å². The molecule has 0 fully saturated rings. The molecule has 6 heteroatoms. The summed E-state index contributed by atoms with van der Waals surface area (Å²) in [4.78, 5) is 21.8. The Hall–Kier alpha value is -2.05. The molecule has 3 aromatic rings. The number of aromatic nitrogens is 2. The molecule has 0 aliphatic heterocycles. The average Bonchev–Trinajstić information content (AvgIpc) is 2.98. The number of halogens is 1. The van der Waals surface area contributed by atoms with E-state index in [-0.39, 0.29) is 11.9 Å². The van der Waals surface area contributed by atoms with Gasteiger partial charge < -0.3 is 5.32 Å². The van der Waals surface area contributed by atoms with Gasteiger partial charge in [-0.15, -0.1) is 11.3 Å². The number of hydrogen-bond acceptors (Lipinski definition) is 4. The fourth-order valence-corrected chi connectivity index (χ4v) is 3.54. The molecule has 4 nitrogen and oxygen atoms in total. The second-order valence-corrected chi connectivity index (χ2v) is 7.34. The molecule has 0 saturated carbocycles. The van der Waals surface area contributed by atoms with Gasteiger partial charge in [0.15, 0.2) is 0 Å². The zero-order valence-electron chi connectivity index (χ0n) is 13.3. The van der Waals surface area contributed by atoms with Crippen molar-refractivity contribution in [2.75, 3.05) is 0 Å². The molecule has 0 unspecified atom stereocenters. The SMILES string of the molecule is Cc1nc(-c2cccnc2)sc1C(=O)N[C@H](C)c1ccc(Br)cc1. The first-order valence-corrected chi connectivity index (χ1v) is 9.09.